The minimum absolute atomic E-state index is 0.162. The molecule has 6 heteroatoms. The summed E-state index contributed by atoms with van der Waals surface area (Å²) in [5, 5.41) is 5.37. The number of benzene rings is 2. The normalized spacial score (nSPS) is 12.4. The van der Waals surface area contributed by atoms with Crippen LogP contribution in [-0.4, -0.2) is 15.9 Å². The van der Waals surface area contributed by atoms with Crippen molar-refractivity contribution in [3.8, 4) is 0 Å². The molecule has 0 bridgehead atoms. The number of furan rings is 1. The standard InChI is InChI=1S/C20H17N3O3/c1-11(14-8-7-13-5-3-4-6-15(13)9-14)23-19(25)16-12(2)26-20-17(16)18(24)21-10-22-20/h3-11H,1-2H3,(H,23,25)(H,21,22,24)/t11-/m1/s1. The van der Waals surface area contributed by atoms with Gasteiger partial charge in [0.1, 0.15) is 11.1 Å². The molecule has 2 N–H and O–H groups in total. The summed E-state index contributed by atoms with van der Waals surface area (Å²) in [6.45, 7) is 3.55. The van der Waals surface area contributed by atoms with Crippen LogP contribution in [-0.2, 0) is 0 Å². The predicted octanol–water partition coefficient (Wildman–Crippen LogP) is 3.47. The average Bonchev–Trinajstić information content (AvgIpc) is 2.98. The molecule has 2 aromatic heterocycles. The lowest BCUT2D eigenvalue weighted by atomic mass is 10.0. The Labute approximate surface area is 148 Å². The molecule has 0 unspecified atom stereocenters. The maximum atomic E-state index is 12.8. The fourth-order valence-corrected chi connectivity index (χ4v) is 3.16. The van der Waals surface area contributed by atoms with E-state index in [1.807, 2.05) is 43.3 Å². The number of rotatable bonds is 3. The van der Waals surface area contributed by atoms with E-state index in [0.29, 0.717) is 5.76 Å². The van der Waals surface area contributed by atoms with Crippen LogP contribution in [0.25, 0.3) is 21.9 Å². The monoisotopic (exact) mass is 347 g/mol. The third-order valence-electron chi connectivity index (χ3n) is 4.52. The summed E-state index contributed by atoms with van der Waals surface area (Å²) in [6.07, 6.45) is 1.26. The number of aromatic amines is 1. The summed E-state index contributed by atoms with van der Waals surface area (Å²) in [7, 11) is 0. The Morgan fingerprint density at radius 3 is 2.77 bits per heavy atom. The van der Waals surface area contributed by atoms with Gasteiger partial charge in [-0.1, -0.05) is 36.4 Å². The summed E-state index contributed by atoms with van der Waals surface area (Å²) in [5.41, 5.74) is 0.974. The largest absolute Gasteiger partial charge is 0.442 e. The van der Waals surface area contributed by atoms with Gasteiger partial charge in [0.25, 0.3) is 11.5 Å². The molecule has 0 spiro atoms. The number of H-pyrrole nitrogens is 1. The van der Waals surface area contributed by atoms with Crippen molar-refractivity contribution in [2.75, 3.05) is 0 Å². The molecule has 130 valence electrons. The number of fused-ring (bicyclic) bond motifs is 2. The molecule has 4 aromatic rings. The molecule has 0 saturated carbocycles. The fourth-order valence-electron chi connectivity index (χ4n) is 3.16. The highest BCUT2D eigenvalue weighted by Crippen LogP contribution is 2.23. The maximum Gasteiger partial charge on any atom is 0.262 e. The second-order valence-corrected chi connectivity index (χ2v) is 6.25. The van der Waals surface area contributed by atoms with Gasteiger partial charge in [-0.05, 0) is 36.2 Å². The van der Waals surface area contributed by atoms with E-state index in [1.54, 1.807) is 6.92 Å². The lowest BCUT2D eigenvalue weighted by Crippen LogP contribution is -2.28. The van der Waals surface area contributed by atoms with Crippen molar-refractivity contribution >= 4 is 27.8 Å². The van der Waals surface area contributed by atoms with Gasteiger partial charge in [0.2, 0.25) is 5.71 Å². The van der Waals surface area contributed by atoms with Gasteiger partial charge >= 0.3 is 0 Å². The minimum atomic E-state index is -0.393. The van der Waals surface area contributed by atoms with E-state index in [4.69, 9.17) is 4.42 Å². The Balaban J connectivity index is 1.67. The fraction of sp³-hybridized carbons (Fsp3) is 0.150. The molecule has 0 fully saturated rings. The quantitative estimate of drug-likeness (QED) is 0.594. The van der Waals surface area contributed by atoms with Gasteiger partial charge in [-0.3, -0.25) is 9.59 Å². The molecule has 0 radical (unpaired) electrons. The van der Waals surface area contributed by atoms with Crippen LogP contribution in [0.15, 0.2) is 58.0 Å². The van der Waals surface area contributed by atoms with Gasteiger partial charge in [-0.15, -0.1) is 0 Å². The van der Waals surface area contributed by atoms with Crippen LogP contribution in [0.1, 0.15) is 34.6 Å². The van der Waals surface area contributed by atoms with Crippen molar-refractivity contribution in [3.05, 3.63) is 76.0 Å². The van der Waals surface area contributed by atoms with Gasteiger partial charge in [-0.25, -0.2) is 4.98 Å². The third-order valence-corrected chi connectivity index (χ3v) is 4.52. The number of amides is 1. The number of aromatic nitrogens is 2. The van der Waals surface area contributed by atoms with Crippen molar-refractivity contribution in [1.82, 2.24) is 15.3 Å². The summed E-state index contributed by atoms with van der Waals surface area (Å²) >= 11 is 0. The van der Waals surface area contributed by atoms with E-state index in [1.165, 1.54) is 6.33 Å². The first-order valence-corrected chi connectivity index (χ1v) is 8.31. The van der Waals surface area contributed by atoms with E-state index < -0.39 is 5.56 Å². The molecule has 4 rings (SSSR count). The Bertz CT molecular complexity index is 1190. The SMILES string of the molecule is Cc1oc2nc[nH]c(=O)c2c1C(=O)N[C@H](C)c1ccc2ccccc2c1. The van der Waals surface area contributed by atoms with E-state index >= 15 is 0 Å². The topological polar surface area (TPSA) is 88.0 Å². The van der Waals surface area contributed by atoms with Gasteiger partial charge < -0.3 is 14.7 Å². The Morgan fingerprint density at radius 2 is 1.96 bits per heavy atom. The second kappa shape index (κ2) is 6.15. The third kappa shape index (κ3) is 2.65. The van der Waals surface area contributed by atoms with Crippen molar-refractivity contribution in [1.29, 1.82) is 0 Å². The zero-order chi connectivity index (χ0) is 18.3. The Morgan fingerprint density at radius 1 is 1.19 bits per heavy atom. The van der Waals surface area contributed by atoms with Gasteiger partial charge in [-0.2, -0.15) is 0 Å². The zero-order valence-corrected chi connectivity index (χ0v) is 14.4. The summed E-state index contributed by atoms with van der Waals surface area (Å²) < 4.78 is 5.45. The number of nitrogens with one attached hydrogen (secondary N) is 2. The van der Waals surface area contributed by atoms with Gasteiger partial charge in [0, 0.05) is 0 Å². The van der Waals surface area contributed by atoms with Crippen molar-refractivity contribution in [3.63, 3.8) is 0 Å². The highest BCUT2D eigenvalue weighted by atomic mass is 16.3. The molecule has 26 heavy (non-hydrogen) atoms. The van der Waals surface area contributed by atoms with Crippen LogP contribution in [0, 0.1) is 6.92 Å². The predicted molar refractivity (Wildman–Crippen MR) is 99.2 cm³/mol. The van der Waals surface area contributed by atoms with E-state index in [2.05, 4.69) is 21.4 Å². The first-order chi connectivity index (χ1) is 12.5. The van der Waals surface area contributed by atoms with E-state index in [9.17, 15) is 9.59 Å². The van der Waals surface area contributed by atoms with Crippen molar-refractivity contribution < 1.29 is 9.21 Å². The van der Waals surface area contributed by atoms with Crippen molar-refractivity contribution in [2.45, 2.75) is 19.9 Å². The molecule has 1 amide bonds. The molecule has 1 atom stereocenters. The minimum Gasteiger partial charge on any atom is -0.442 e. The van der Waals surface area contributed by atoms with Crippen LogP contribution >= 0.6 is 0 Å². The van der Waals surface area contributed by atoms with Gasteiger partial charge in [0.15, 0.2) is 0 Å². The zero-order valence-electron chi connectivity index (χ0n) is 14.4. The molecule has 2 heterocycles. The Kier molecular flexibility index (Phi) is 3.80. The summed E-state index contributed by atoms with van der Waals surface area (Å²) in [5.74, 6) is 0.00724. The molecule has 6 nitrogen and oxygen atoms in total. The number of aryl methyl sites for hydroxylation is 1. The van der Waals surface area contributed by atoms with E-state index in [-0.39, 0.29) is 28.6 Å². The van der Waals surface area contributed by atoms with E-state index in [0.717, 1.165) is 16.3 Å². The molecular weight excluding hydrogens is 330 g/mol. The lowest BCUT2D eigenvalue weighted by molar-refractivity contribution is 0.0939. The second-order valence-electron chi connectivity index (χ2n) is 6.25. The number of hydrogen-bond acceptors (Lipinski definition) is 4. The van der Waals surface area contributed by atoms with Gasteiger partial charge in [0.05, 0.1) is 17.9 Å². The highest BCUT2D eigenvalue weighted by molar-refractivity contribution is 6.06. The Hall–Kier alpha value is -3.41. The summed E-state index contributed by atoms with van der Waals surface area (Å²) in [6, 6.07) is 13.9. The molecule has 0 aliphatic heterocycles. The first-order valence-electron chi connectivity index (χ1n) is 8.31. The summed E-state index contributed by atoms with van der Waals surface area (Å²) in [4.78, 5) is 31.3. The number of carbonyl (C=O) groups is 1. The lowest BCUT2D eigenvalue weighted by Gasteiger charge is -2.15. The molecule has 0 saturated heterocycles. The van der Waals surface area contributed by atoms with Crippen LogP contribution in [0.5, 0.6) is 0 Å². The number of nitrogens with zero attached hydrogens (tertiary/aromatic N) is 1. The first kappa shape index (κ1) is 16.1. The average molecular weight is 347 g/mol. The molecular formula is C20H17N3O3. The number of carbonyl (C=O) groups excluding carboxylic acids is 1. The van der Waals surface area contributed by atoms with Crippen LogP contribution in [0.4, 0.5) is 0 Å². The van der Waals surface area contributed by atoms with Crippen LogP contribution in [0.3, 0.4) is 0 Å². The molecule has 0 aliphatic rings. The smallest absolute Gasteiger partial charge is 0.262 e. The maximum absolute atomic E-state index is 12.8. The van der Waals surface area contributed by atoms with Crippen LogP contribution in [0.2, 0.25) is 0 Å². The molecule has 0 aliphatic carbocycles. The van der Waals surface area contributed by atoms with Crippen LogP contribution < -0.4 is 10.9 Å². The molecule has 2 aromatic carbocycles. The highest BCUT2D eigenvalue weighted by Gasteiger charge is 2.23. The number of hydrogen-bond donors (Lipinski definition) is 2. The van der Waals surface area contributed by atoms with Crippen molar-refractivity contribution in [2.24, 2.45) is 0 Å².